The van der Waals surface area contributed by atoms with Gasteiger partial charge in [-0.25, -0.2) is 8.42 Å². The maximum absolute atomic E-state index is 12.9. The molecule has 3 rings (SSSR count). The molecule has 0 aliphatic carbocycles. The van der Waals surface area contributed by atoms with Crippen molar-refractivity contribution in [2.45, 2.75) is 32.8 Å². The zero-order valence-electron chi connectivity index (χ0n) is 15.7. The summed E-state index contributed by atoms with van der Waals surface area (Å²) in [6, 6.07) is 12.8. The Bertz CT molecular complexity index is 934. The summed E-state index contributed by atoms with van der Waals surface area (Å²) in [6.07, 6.45) is 1.77. The van der Waals surface area contributed by atoms with Crippen LogP contribution in [0, 0.1) is 0 Å². The molecule has 0 aromatic heterocycles. The Hall–Kier alpha value is -2.54. The van der Waals surface area contributed by atoms with Gasteiger partial charge in [-0.15, -0.1) is 0 Å². The highest BCUT2D eigenvalue weighted by Crippen LogP contribution is 2.35. The van der Waals surface area contributed by atoms with Gasteiger partial charge in [0.2, 0.25) is 10.0 Å². The molecule has 0 saturated heterocycles. The molecule has 2 aromatic rings. The normalized spacial score (nSPS) is 16.4. The first-order valence-electron chi connectivity index (χ1n) is 9.00. The van der Waals surface area contributed by atoms with Crippen molar-refractivity contribution in [2.75, 3.05) is 22.4 Å². The van der Waals surface area contributed by atoms with Gasteiger partial charge in [-0.1, -0.05) is 44.2 Å². The third-order valence-corrected chi connectivity index (χ3v) is 5.82. The SMILES string of the molecule is CCc1cccc(CC)c1NC(=O)[C@@H]1CN(S(C)(=O)=O)c2ccccc2O1. The fourth-order valence-electron chi connectivity index (χ4n) is 3.26. The summed E-state index contributed by atoms with van der Waals surface area (Å²) in [5.74, 6) is 0.0302. The second-order valence-electron chi connectivity index (χ2n) is 6.52. The molecule has 2 aromatic carbocycles. The lowest BCUT2D eigenvalue weighted by molar-refractivity contribution is -0.122. The monoisotopic (exact) mass is 388 g/mol. The van der Waals surface area contributed by atoms with E-state index in [1.165, 1.54) is 4.31 Å². The molecule has 1 aliphatic heterocycles. The van der Waals surface area contributed by atoms with Gasteiger partial charge in [0.05, 0.1) is 18.5 Å². The van der Waals surface area contributed by atoms with E-state index in [1.807, 2.05) is 32.0 Å². The molecule has 0 spiro atoms. The molecule has 1 aliphatic rings. The van der Waals surface area contributed by atoms with Crippen LogP contribution < -0.4 is 14.4 Å². The lowest BCUT2D eigenvalue weighted by Crippen LogP contribution is -2.48. The number of carbonyl (C=O) groups is 1. The minimum atomic E-state index is -3.53. The Morgan fingerprint density at radius 1 is 1.11 bits per heavy atom. The van der Waals surface area contributed by atoms with Gasteiger partial charge in [-0.2, -0.15) is 0 Å². The molecule has 144 valence electrons. The Balaban J connectivity index is 1.91. The number of carbonyl (C=O) groups excluding carboxylic acids is 1. The van der Waals surface area contributed by atoms with Crippen LogP contribution in [0.15, 0.2) is 42.5 Å². The van der Waals surface area contributed by atoms with Gasteiger partial charge in [0.15, 0.2) is 6.10 Å². The van der Waals surface area contributed by atoms with Gasteiger partial charge in [0.1, 0.15) is 5.75 Å². The third-order valence-electron chi connectivity index (χ3n) is 4.67. The van der Waals surface area contributed by atoms with Crippen molar-refractivity contribution in [3.63, 3.8) is 0 Å². The molecule has 0 radical (unpaired) electrons. The molecule has 7 heteroatoms. The summed E-state index contributed by atoms with van der Waals surface area (Å²) in [6.45, 7) is 4.00. The van der Waals surface area contributed by atoms with Crippen LogP contribution in [0.1, 0.15) is 25.0 Å². The molecule has 1 amide bonds. The van der Waals surface area contributed by atoms with Gasteiger partial charge >= 0.3 is 0 Å². The summed E-state index contributed by atoms with van der Waals surface area (Å²) < 4.78 is 31.5. The van der Waals surface area contributed by atoms with E-state index in [9.17, 15) is 13.2 Å². The Morgan fingerprint density at radius 2 is 1.74 bits per heavy atom. The van der Waals surface area contributed by atoms with Gasteiger partial charge < -0.3 is 10.1 Å². The Labute approximate surface area is 160 Å². The van der Waals surface area contributed by atoms with E-state index in [-0.39, 0.29) is 12.5 Å². The number of fused-ring (bicyclic) bond motifs is 1. The molecule has 0 unspecified atom stereocenters. The van der Waals surface area contributed by atoms with Crippen LogP contribution in [0.25, 0.3) is 0 Å². The number of aryl methyl sites for hydroxylation is 2. The number of hydrogen-bond donors (Lipinski definition) is 1. The minimum absolute atomic E-state index is 0.0581. The van der Waals surface area contributed by atoms with Crippen LogP contribution >= 0.6 is 0 Å². The van der Waals surface area contributed by atoms with Crippen LogP contribution in [0.4, 0.5) is 11.4 Å². The van der Waals surface area contributed by atoms with Gasteiger partial charge in [-0.05, 0) is 36.1 Å². The Morgan fingerprint density at radius 3 is 2.33 bits per heavy atom. The average Bonchev–Trinajstić information content (AvgIpc) is 2.66. The number of amides is 1. The average molecular weight is 388 g/mol. The van der Waals surface area contributed by atoms with Crippen molar-refractivity contribution in [1.82, 2.24) is 0 Å². The quantitative estimate of drug-likeness (QED) is 0.854. The highest BCUT2D eigenvalue weighted by atomic mass is 32.2. The van der Waals surface area contributed by atoms with E-state index in [2.05, 4.69) is 5.32 Å². The number of hydrogen-bond acceptors (Lipinski definition) is 4. The maximum atomic E-state index is 12.9. The summed E-state index contributed by atoms with van der Waals surface area (Å²) in [5.41, 5.74) is 3.32. The highest BCUT2D eigenvalue weighted by Gasteiger charge is 2.35. The Kier molecular flexibility index (Phi) is 5.41. The predicted molar refractivity (Wildman–Crippen MR) is 107 cm³/mol. The first-order valence-corrected chi connectivity index (χ1v) is 10.8. The van der Waals surface area contributed by atoms with Crippen LogP contribution in [0.3, 0.4) is 0 Å². The van der Waals surface area contributed by atoms with E-state index in [0.717, 1.165) is 35.9 Å². The van der Waals surface area contributed by atoms with Crippen LogP contribution in [0.5, 0.6) is 5.75 Å². The van der Waals surface area contributed by atoms with Crippen LogP contribution in [-0.2, 0) is 27.7 Å². The summed E-state index contributed by atoms with van der Waals surface area (Å²) in [5, 5.41) is 2.97. The van der Waals surface area contributed by atoms with Crippen molar-refractivity contribution in [3.8, 4) is 5.75 Å². The number of rotatable bonds is 5. The smallest absolute Gasteiger partial charge is 0.267 e. The molecule has 0 bridgehead atoms. The molecule has 1 atom stereocenters. The van der Waals surface area contributed by atoms with E-state index in [4.69, 9.17) is 4.74 Å². The zero-order valence-corrected chi connectivity index (χ0v) is 16.5. The number of anilines is 2. The highest BCUT2D eigenvalue weighted by molar-refractivity contribution is 7.92. The lowest BCUT2D eigenvalue weighted by atomic mass is 10.0. The van der Waals surface area contributed by atoms with Crippen molar-refractivity contribution in [1.29, 1.82) is 0 Å². The molecule has 0 saturated carbocycles. The van der Waals surface area contributed by atoms with E-state index in [0.29, 0.717) is 11.4 Å². The summed E-state index contributed by atoms with van der Waals surface area (Å²) in [7, 11) is -3.53. The maximum Gasteiger partial charge on any atom is 0.267 e. The molecule has 27 heavy (non-hydrogen) atoms. The summed E-state index contributed by atoms with van der Waals surface area (Å²) >= 11 is 0. The second-order valence-corrected chi connectivity index (χ2v) is 8.42. The molecular weight excluding hydrogens is 364 g/mol. The largest absolute Gasteiger partial charge is 0.476 e. The third kappa shape index (κ3) is 3.93. The van der Waals surface area contributed by atoms with Crippen LogP contribution in [-0.4, -0.2) is 33.2 Å². The lowest BCUT2D eigenvalue weighted by Gasteiger charge is -2.34. The second kappa shape index (κ2) is 7.60. The predicted octanol–water partition coefficient (Wildman–Crippen LogP) is 2.98. The number of para-hydroxylation sites is 3. The standard InChI is InChI=1S/C20H24N2O4S/c1-4-14-9-8-10-15(5-2)19(14)21-20(23)18-13-22(27(3,24)25)16-11-6-7-12-17(16)26-18/h6-12,18H,4-5,13H2,1-3H3,(H,21,23)/t18-/m0/s1. The van der Waals surface area contributed by atoms with Gasteiger partial charge in [0, 0.05) is 5.69 Å². The molecular formula is C20H24N2O4S. The zero-order chi connectivity index (χ0) is 19.6. The number of ether oxygens (including phenoxy) is 1. The van der Waals surface area contributed by atoms with E-state index >= 15 is 0 Å². The fourth-order valence-corrected chi connectivity index (χ4v) is 4.17. The first-order chi connectivity index (χ1) is 12.8. The van der Waals surface area contributed by atoms with Crippen LogP contribution in [0.2, 0.25) is 0 Å². The van der Waals surface area contributed by atoms with E-state index < -0.39 is 16.1 Å². The molecule has 6 nitrogen and oxygen atoms in total. The molecule has 1 heterocycles. The molecule has 1 N–H and O–H groups in total. The minimum Gasteiger partial charge on any atom is -0.476 e. The first kappa shape index (κ1) is 19.2. The summed E-state index contributed by atoms with van der Waals surface area (Å²) in [4.78, 5) is 12.9. The fraction of sp³-hybridized carbons (Fsp3) is 0.350. The van der Waals surface area contributed by atoms with Crippen molar-refractivity contribution < 1.29 is 17.9 Å². The van der Waals surface area contributed by atoms with Crippen molar-refractivity contribution in [3.05, 3.63) is 53.6 Å². The van der Waals surface area contributed by atoms with Crippen molar-refractivity contribution in [2.24, 2.45) is 0 Å². The number of nitrogens with zero attached hydrogens (tertiary/aromatic N) is 1. The number of sulfonamides is 1. The number of nitrogens with one attached hydrogen (secondary N) is 1. The van der Waals surface area contributed by atoms with Crippen molar-refractivity contribution >= 4 is 27.3 Å². The topological polar surface area (TPSA) is 75.7 Å². The number of benzene rings is 2. The van der Waals surface area contributed by atoms with Gasteiger partial charge in [-0.3, -0.25) is 9.10 Å². The van der Waals surface area contributed by atoms with E-state index in [1.54, 1.807) is 24.3 Å². The van der Waals surface area contributed by atoms with Gasteiger partial charge in [0.25, 0.3) is 5.91 Å². The molecule has 0 fully saturated rings.